The first-order valence-electron chi connectivity index (χ1n) is 6.93. The third-order valence-corrected chi connectivity index (χ3v) is 5.98. The largest absolute Gasteiger partial charge is 0.240 e. The van der Waals surface area contributed by atoms with E-state index in [1.165, 1.54) is 12.1 Å². The van der Waals surface area contributed by atoms with E-state index in [0.29, 0.717) is 6.54 Å². The molecule has 0 heterocycles. The van der Waals surface area contributed by atoms with Crippen LogP contribution in [0.2, 0.25) is 0 Å². The van der Waals surface area contributed by atoms with Gasteiger partial charge in [-0.2, -0.15) is 0 Å². The van der Waals surface area contributed by atoms with Gasteiger partial charge in [-0.15, -0.1) is 0 Å². The highest BCUT2D eigenvalue weighted by Gasteiger charge is 2.44. The molecule has 0 unspecified atom stereocenters. The van der Waals surface area contributed by atoms with E-state index in [-0.39, 0.29) is 16.1 Å². The summed E-state index contributed by atoms with van der Waals surface area (Å²) < 4.78 is 41.1. The van der Waals surface area contributed by atoms with Crippen molar-refractivity contribution in [1.82, 2.24) is 4.72 Å². The monoisotopic (exact) mass is 383 g/mol. The van der Waals surface area contributed by atoms with Gasteiger partial charge in [0.25, 0.3) is 0 Å². The van der Waals surface area contributed by atoms with Crippen molar-refractivity contribution in [3.05, 3.63) is 64.4 Å². The summed E-state index contributed by atoms with van der Waals surface area (Å²) in [6, 6.07) is 12.8. The van der Waals surface area contributed by atoms with Gasteiger partial charge in [-0.05, 0) is 54.8 Å². The van der Waals surface area contributed by atoms with E-state index in [9.17, 15) is 12.8 Å². The minimum Gasteiger partial charge on any atom is -0.210 e. The maximum absolute atomic E-state index is 13.0. The van der Waals surface area contributed by atoms with Crippen LogP contribution in [0.25, 0.3) is 0 Å². The third kappa shape index (κ3) is 3.24. The van der Waals surface area contributed by atoms with Crippen molar-refractivity contribution >= 4 is 26.0 Å². The Labute approximate surface area is 137 Å². The minimum absolute atomic E-state index is 0.198. The van der Waals surface area contributed by atoms with Crippen LogP contribution in [0.15, 0.2) is 57.9 Å². The van der Waals surface area contributed by atoms with Crippen molar-refractivity contribution in [2.75, 3.05) is 6.54 Å². The molecule has 6 heteroatoms. The SMILES string of the molecule is O=S(=O)(NCC1(c2ccc(F)cc2)CC1)c1ccc(Br)cc1. The highest BCUT2D eigenvalue weighted by molar-refractivity contribution is 9.10. The molecule has 1 N–H and O–H groups in total. The van der Waals surface area contributed by atoms with Gasteiger partial charge in [-0.3, -0.25) is 0 Å². The number of nitrogens with one attached hydrogen (secondary N) is 1. The van der Waals surface area contributed by atoms with Gasteiger partial charge in [0.2, 0.25) is 10.0 Å². The maximum atomic E-state index is 13.0. The molecule has 22 heavy (non-hydrogen) atoms. The molecule has 2 aromatic rings. The minimum atomic E-state index is -3.53. The molecule has 0 radical (unpaired) electrons. The average molecular weight is 384 g/mol. The lowest BCUT2D eigenvalue weighted by Gasteiger charge is -2.17. The molecule has 0 spiro atoms. The zero-order valence-corrected chi connectivity index (χ0v) is 14.1. The first-order chi connectivity index (χ1) is 10.4. The second-order valence-corrected chi connectivity index (χ2v) is 8.25. The molecule has 2 aromatic carbocycles. The second kappa shape index (κ2) is 5.76. The van der Waals surface area contributed by atoms with E-state index in [1.54, 1.807) is 36.4 Å². The van der Waals surface area contributed by atoms with Crippen LogP contribution in [0.3, 0.4) is 0 Å². The molecule has 1 aliphatic carbocycles. The zero-order chi connectivity index (χ0) is 15.8. The summed E-state index contributed by atoms with van der Waals surface area (Å²) in [6.45, 7) is 0.330. The molecule has 0 aromatic heterocycles. The van der Waals surface area contributed by atoms with Crippen molar-refractivity contribution in [2.45, 2.75) is 23.2 Å². The molecular formula is C16H15BrFNO2S. The van der Waals surface area contributed by atoms with E-state index >= 15 is 0 Å². The van der Waals surface area contributed by atoms with Gasteiger partial charge in [0.15, 0.2) is 0 Å². The fraction of sp³-hybridized carbons (Fsp3) is 0.250. The summed E-state index contributed by atoms with van der Waals surface area (Å²) in [5, 5.41) is 0. The lowest BCUT2D eigenvalue weighted by Crippen LogP contribution is -2.32. The lowest BCUT2D eigenvalue weighted by molar-refractivity contribution is 0.566. The van der Waals surface area contributed by atoms with Gasteiger partial charge in [-0.25, -0.2) is 17.5 Å². The van der Waals surface area contributed by atoms with Crippen molar-refractivity contribution in [3.63, 3.8) is 0 Å². The maximum Gasteiger partial charge on any atom is 0.240 e. The van der Waals surface area contributed by atoms with Crippen LogP contribution >= 0.6 is 15.9 Å². The molecule has 1 fully saturated rings. The fourth-order valence-electron chi connectivity index (χ4n) is 2.45. The number of hydrogen-bond acceptors (Lipinski definition) is 2. The van der Waals surface area contributed by atoms with E-state index in [2.05, 4.69) is 20.7 Å². The Morgan fingerprint density at radius 3 is 2.18 bits per heavy atom. The van der Waals surface area contributed by atoms with Crippen LogP contribution in [-0.4, -0.2) is 15.0 Å². The number of halogens is 2. The molecule has 3 rings (SSSR count). The zero-order valence-electron chi connectivity index (χ0n) is 11.7. The number of sulfonamides is 1. The van der Waals surface area contributed by atoms with Crippen molar-refractivity contribution in [2.24, 2.45) is 0 Å². The summed E-state index contributed by atoms with van der Waals surface area (Å²) in [4.78, 5) is 0.241. The number of benzene rings is 2. The van der Waals surface area contributed by atoms with Gasteiger partial charge in [0.1, 0.15) is 5.82 Å². The van der Waals surface area contributed by atoms with Crippen LogP contribution in [0.1, 0.15) is 18.4 Å². The Hall–Kier alpha value is -1.24. The van der Waals surface area contributed by atoms with Crippen LogP contribution in [-0.2, 0) is 15.4 Å². The molecule has 0 aliphatic heterocycles. The fourth-order valence-corrected chi connectivity index (χ4v) is 3.84. The van der Waals surface area contributed by atoms with E-state index in [4.69, 9.17) is 0 Å². The summed E-state index contributed by atoms with van der Waals surface area (Å²) in [7, 11) is -3.53. The quantitative estimate of drug-likeness (QED) is 0.857. The molecule has 0 bridgehead atoms. The smallest absolute Gasteiger partial charge is 0.210 e. The molecule has 0 amide bonds. The Kier molecular flexibility index (Phi) is 4.09. The molecule has 0 atom stereocenters. The van der Waals surface area contributed by atoms with Crippen LogP contribution in [0, 0.1) is 5.82 Å². The average Bonchev–Trinajstić information content (AvgIpc) is 3.28. The molecule has 0 saturated heterocycles. The number of rotatable bonds is 5. The summed E-state index contributed by atoms with van der Waals surface area (Å²) >= 11 is 3.28. The van der Waals surface area contributed by atoms with Gasteiger partial charge in [-0.1, -0.05) is 28.1 Å². The molecule has 1 aliphatic rings. The molecule has 3 nitrogen and oxygen atoms in total. The molecule has 1 saturated carbocycles. The van der Waals surface area contributed by atoms with E-state index in [1.807, 2.05) is 0 Å². The Balaban J connectivity index is 1.74. The van der Waals surface area contributed by atoms with E-state index in [0.717, 1.165) is 22.9 Å². The summed E-state index contributed by atoms with van der Waals surface area (Å²) in [5.74, 6) is -0.282. The van der Waals surface area contributed by atoms with Crippen molar-refractivity contribution in [3.8, 4) is 0 Å². The van der Waals surface area contributed by atoms with Crippen LogP contribution in [0.5, 0.6) is 0 Å². The standard InChI is InChI=1S/C16H15BrFNO2S/c17-13-3-7-15(8-4-13)22(20,21)19-11-16(9-10-16)12-1-5-14(18)6-2-12/h1-8,19H,9-11H2. The Bertz CT molecular complexity index is 769. The van der Waals surface area contributed by atoms with Gasteiger partial charge < -0.3 is 0 Å². The van der Waals surface area contributed by atoms with E-state index < -0.39 is 10.0 Å². The van der Waals surface area contributed by atoms with Crippen LogP contribution < -0.4 is 4.72 Å². The molecule has 116 valence electrons. The highest BCUT2D eigenvalue weighted by atomic mass is 79.9. The summed E-state index contributed by atoms with van der Waals surface area (Å²) in [6.07, 6.45) is 1.81. The van der Waals surface area contributed by atoms with Crippen molar-refractivity contribution in [1.29, 1.82) is 0 Å². The Morgan fingerprint density at radius 1 is 1.05 bits per heavy atom. The normalized spacial score (nSPS) is 16.5. The van der Waals surface area contributed by atoms with Gasteiger partial charge in [0.05, 0.1) is 4.90 Å². The lowest BCUT2D eigenvalue weighted by atomic mass is 9.96. The molecular weight excluding hydrogens is 369 g/mol. The first kappa shape index (κ1) is 15.6. The van der Waals surface area contributed by atoms with Crippen LogP contribution in [0.4, 0.5) is 4.39 Å². The Morgan fingerprint density at radius 2 is 1.64 bits per heavy atom. The second-order valence-electron chi connectivity index (χ2n) is 5.57. The third-order valence-electron chi connectivity index (χ3n) is 4.03. The predicted octanol–water partition coefficient (Wildman–Crippen LogP) is 3.60. The van der Waals surface area contributed by atoms with Gasteiger partial charge in [0, 0.05) is 16.4 Å². The number of hydrogen-bond donors (Lipinski definition) is 1. The first-order valence-corrected chi connectivity index (χ1v) is 9.20. The predicted molar refractivity (Wildman–Crippen MR) is 86.6 cm³/mol. The topological polar surface area (TPSA) is 46.2 Å². The van der Waals surface area contributed by atoms with Crippen molar-refractivity contribution < 1.29 is 12.8 Å². The summed E-state index contributed by atoms with van der Waals surface area (Å²) in [5.41, 5.74) is 0.781. The highest BCUT2D eigenvalue weighted by Crippen LogP contribution is 2.47. The van der Waals surface area contributed by atoms with Gasteiger partial charge >= 0.3 is 0 Å².